The summed E-state index contributed by atoms with van der Waals surface area (Å²) in [5, 5.41) is 3.41. The third-order valence-electron chi connectivity index (χ3n) is 4.39. The lowest BCUT2D eigenvalue weighted by Gasteiger charge is -2.29. The fourth-order valence-corrected chi connectivity index (χ4v) is 3.91. The quantitative estimate of drug-likeness (QED) is 0.885. The number of nitrogens with zero attached hydrogens (tertiary/aromatic N) is 1. The van der Waals surface area contributed by atoms with Crippen LogP contribution in [0.15, 0.2) is 10.5 Å². The van der Waals surface area contributed by atoms with Gasteiger partial charge < -0.3 is 19.7 Å². The third kappa shape index (κ3) is 3.42. The maximum atomic E-state index is 5.93. The largest absolute Gasteiger partial charge is 0.486 e. The van der Waals surface area contributed by atoms with Gasteiger partial charge in [-0.25, -0.2) is 0 Å². The summed E-state index contributed by atoms with van der Waals surface area (Å²) in [5.41, 5.74) is 2.68. The second-order valence-electron chi connectivity index (χ2n) is 6.27. The van der Waals surface area contributed by atoms with E-state index in [9.17, 15) is 0 Å². The molecular formula is C17H25BrN2O2. The minimum atomic E-state index is 0.422. The van der Waals surface area contributed by atoms with Crippen LogP contribution in [0, 0.1) is 0 Å². The SMILES string of the molecule is CC(C)c1c(CCN2CCNCC2)c(Br)cc2c1OCCO2. The van der Waals surface area contributed by atoms with Crippen LogP contribution < -0.4 is 14.8 Å². The van der Waals surface area contributed by atoms with Gasteiger partial charge in [0.1, 0.15) is 13.2 Å². The second-order valence-corrected chi connectivity index (χ2v) is 7.13. The molecule has 5 heteroatoms. The highest BCUT2D eigenvalue weighted by Crippen LogP contribution is 2.43. The van der Waals surface area contributed by atoms with Gasteiger partial charge in [-0.15, -0.1) is 0 Å². The number of rotatable bonds is 4. The minimum absolute atomic E-state index is 0.422. The van der Waals surface area contributed by atoms with Crippen LogP contribution in [-0.2, 0) is 6.42 Å². The zero-order chi connectivity index (χ0) is 15.5. The number of fused-ring (bicyclic) bond motifs is 1. The van der Waals surface area contributed by atoms with Crippen LogP contribution in [0.2, 0.25) is 0 Å². The van der Waals surface area contributed by atoms with Crippen LogP contribution in [0.5, 0.6) is 11.5 Å². The van der Waals surface area contributed by atoms with Gasteiger partial charge in [0.05, 0.1) is 0 Å². The lowest BCUT2D eigenvalue weighted by atomic mass is 9.93. The Kier molecular flexibility index (Phi) is 5.26. The van der Waals surface area contributed by atoms with Crippen molar-refractivity contribution in [3.63, 3.8) is 0 Å². The fraction of sp³-hybridized carbons (Fsp3) is 0.647. The molecule has 22 heavy (non-hydrogen) atoms. The standard InChI is InChI=1S/C17H25BrN2O2/c1-12(2)16-13(3-6-20-7-4-19-5-8-20)14(18)11-15-17(16)22-10-9-21-15/h11-12,19H,3-10H2,1-2H3. The number of ether oxygens (including phenoxy) is 2. The first-order valence-corrected chi connectivity index (χ1v) is 9.00. The van der Waals surface area contributed by atoms with Crippen molar-refractivity contribution in [2.45, 2.75) is 26.2 Å². The van der Waals surface area contributed by atoms with E-state index in [0.717, 1.165) is 55.1 Å². The summed E-state index contributed by atoms with van der Waals surface area (Å²) >= 11 is 3.75. The summed E-state index contributed by atoms with van der Waals surface area (Å²) in [4.78, 5) is 2.53. The molecule has 0 amide bonds. The summed E-state index contributed by atoms with van der Waals surface area (Å²) < 4.78 is 12.9. The van der Waals surface area contributed by atoms with E-state index in [2.05, 4.69) is 46.1 Å². The monoisotopic (exact) mass is 368 g/mol. The molecule has 1 N–H and O–H groups in total. The molecule has 3 rings (SSSR count). The summed E-state index contributed by atoms with van der Waals surface area (Å²) in [7, 11) is 0. The predicted octanol–water partition coefficient (Wildman–Crippen LogP) is 2.79. The molecule has 1 aromatic rings. The fourth-order valence-electron chi connectivity index (χ4n) is 3.29. The highest BCUT2D eigenvalue weighted by molar-refractivity contribution is 9.10. The summed E-state index contributed by atoms with van der Waals surface area (Å²) in [6, 6.07) is 2.08. The van der Waals surface area contributed by atoms with Gasteiger partial charge in [0.15, 0.2) is 11.5 Å². The molecule has 1 fully saturated rings. The van der Waals surface area contributed by atoms with Crippen LogP contribution in [0.25, 0.3) is 0 Å². The lowest BCUT2D eigenvalue weighted by molar-refractivity contribution is 0.169. The van der Waals surface area contributed by atoms with Crippen LogP contribution in [0.3, 0.4) is 0 Å². The van der Waals surface area contributed by atoms with Crippen molar-refractivity contribution < 1.29 is 9.47 Å². The van der Waals surface area contributed by atoms with Gasteiger partial charge in [-0.05, 0) is 24.0 Å². The Morgan fingerprint density at radius 3 is 2.68 bits per heavy atom. The zero-order valence-electron chi connectivity index (χ0n) is 13.5. The highest BCUT2D eigenvalue weighted by atomic mass is 79.9. The normalized spacial score (nSPS) is 18.7. The van der Waals surface area contributed by atoms with E-state index in [4.69, 9.17) is 9.47 Å². The molecule has 2 aliphatic rings. The Bertz CT molecular complexity index is 528. The second kappa shape index (κ2) is 7.20. The van der Waals surface area contributed by atoms with E-state index in [1.54, 1.807) is 0 Å². The Morgan fingerprint density at radius 1 is 1.23 bits per heavy atom. The van der Waals surface area contributed by atoms with Crippen molar-refractivity contribution >= 4 is 15.9 Å². The van der Waals surface area contributed by atoms with Crippen molar-refractivity contribution in [2.75, 3.05) is 45.9 Å². The lowest BCUT2D eigenvalue weighted by Crippen LogP contribution is -2.44. The van der Waals surface area contributed by atoms with Gasteiger partial charge in [0.25, 0.3) is 0 Å². The van der Waals surface area contributed by atoms with E-state index in [-0.39, 0.29) is 0 Å². The van der Waals surface area contributed by atoms with Crippen LogP contribution >= 0.6 is 15.9 Å². The van der Waals surface area contributed by atoms with Crippen LogP contribution in [0.1, 0.15) is 30.9 Å². The molecule has 0 bridgehead atoms. The number of hydrogen-bond donors (Lipinski definition) is 1. The molecule has 0 atom stereocenters. The van der Waals surface area contributed by atoms with Gasteiger partial charge in [-0.2, -0.15) is 0 Å². The van der Waals surface area contributed by atoms with E-state index in [1.807, 2.05) is 0 Å². The first kappa shape index (κ1) is 16.1. The molecule has 1 saturated heterocycles. The summed E-state index contributed by atoms with van der Waals surface area (Å²) in [5.74, 6) is 2.26. The minimum Gasteiger partial charge on any atom is -0.486 e. The Labute approximate surface area is 141 Å². The van der Waals surface area contributed by atoms with Crippen molar-refractivity contribution in [1.82, 2.24) is 10.2 Å². The van der Waals surface area contributed by atoms with Gasteiger partial charge in [-0.3, -0.25) is 0 Å². The van der Waals surface area contributed by atoms with Crippen molar-refractivity contribution in [1.29, 1.82) is 0 Å². The third-order valence-corrected chi connectivity index (χ3v) is 5.10. The van der Waals surface area contributed by atoms with E-state index in [1.165, 1.54) is 11.1 Å². The molecule has 0 unspecified atom stereocenters. The predicted molar refractivity (Wildman–Crippen MR) is 92.2 cm³/mol. The molecule has 0 radical (unpaired) electrons. The van der Waals surface area contributed by atoms with E-state index < -0.39 is 0 Å². The zero-order valence-corrected chi connectivity index (χ0v) is 15.0. The van der Waals surface area contributed by atoms with Crippen molar-refractivity contribution in [3.05, 3.63) is 21.7 Å². The molecule has 2 heterocycles. The van der Waals surface area contributed by atoms with Crippen molar-refractivity contribution in [2.24, 2.45) is 0 Å². The molecule has 4 nitrogen and oxygen atoms in total. The number of benzene rings is 1. The number of piperazine rings is 1. The van der Waals surface area contributed by atoms with Gasteiger partial charge in [0.2, 0.25) is 0 Å². The van der Waals surface area contributed by atoms with Crippen molar-refractivity contribution in [3.8, 4) is 11.5 Å². The molecule has 0 saturated carbocycles. The molecule has 0 aliphatic carbocycles. The summed E-state index contributed by atoms with van der Waals surface area (Å²) in [6.45, 7) is 11.3. The average molecular weight is 369 g/mol. The van der Waals surface area contributed by atoms with Crippen LogP contribution in [-0.4, -0.2) is 50.8 Å². The smallest absolute Gasteiger partial charge is 0.165 e. The summed E-state index contributed by atoms with van der Waals surface area (Å²) in [6.07, 6.45) is 1.05. The molecule has 122 valence electrons. The van der Waals surface area contributed by atoms with Crippen LogP contribution in [0.4, 0.5) is 0 Å². The first-order chi connectivity index (χ1) is 10.7. The topological polar surface area (TPSA) is 33.7 Å². The molecule has 2 aliphatic heterocycles. The van der Waals surface area contributed by atoms with E-state index in [0.29, 0.717) is 19.1 Å². The Morgan fingerprint density at radius 2 is 1.95 bits per heavy atom. The molecule has 0 aromatic heterocycles. The highest BCUT2D eigenvalue weighted by Gasteiger charge is 2.24. The maximum Gasteiger partial charge on any atom is 0.165 e. The first-order valence-electron chi connectivity index (χ1n) is 8.20. The molecular weight excluding hydrogens is 344 g/mol. The Hall–Kier alpha value is -0.780. The molecule has 1 aromatic carbocycles. The van der Waals surface area contributed by atoms with Gasteiger partial charge in [0, 0.05) is 42.8 Å². The number of halogens is 1. The maximum absolute atomic E-state index is 5.93. The van der Waals surface area contributed by atoms with Gasteiger partial charge >= 0.3 is 0 Å². The average Bonchev–Trinajstić information content (AvgIpc) is 2.53. The van der Waals surface area contributed by atoms with Gasteiger partial charge in [-0.1, -0.05) is 29.8 Å². The number of nitrogens with one attached hydrogen (secondary N) is 1. The molecule has 0 spiro atoms. The van der Waals surface area contributed by atoms with E-state index >= 15 is 0 Å². The Balaban J connectivity index is 1.85. The number of hydrogen-bond acceptors (Lipinski definition) is 4.